The Bertz CT molecular complexity index is 566. The van der Waals surface area contributed by atoms with Crippen molar-refractivity contribution in [2.45, 2.75) is 19.5 Å². The highest BCUT2D eigenvalue weighted by Gasteiger charge is 2.01. The Kier molecular flexibility index (Phi) is 7.63. The van der Waals surface area contributed by atoms with Crippen LogP contribution in [0.5, 0.6) is 0 Å². The number of thiophene rings is 1. The van der Waals surface area contributed by atoms with Crippen LogP contribution < -0.4 is 10.6 Å². The summed E-state index contributed by atoms with van der Waals surface area (Å²) in [7, 11) is 3.97. The van der Waals surface area contributed by atoms with Crippen LogP contribution in [0.25, 0.3) is 0 Å². The Morgan fingerprint density at radius 1 is 1.13 bits per heavy atom. The largest absolute Gasteiger partial charge is 0.356 e. The van der Waals surface area contributed by atoms with Crippen molar-refractivity contribution in [1.82, 2.24) is 15.5 Å². The Hall–Kier alpha value is -1.85. The molecule has 1 aromatic heterocycles. The number of hydrogen-bond acceptors (Lipinski definition) is 3. The maximum Gasteiger partial charge on any atom is 0.191 e. The molecule has 1 heterocycles. The lowest BCUT2D eigenvalue weighted by atomic mass is 10.2. The fourth-order valence-electron chi connectivity index (χ4n) is 2.33. The van der Waals surface area contributed by atoms with Gasteiger partial charge in [0.1, 0.15) is 0 Å². The predicted octanol–water partition coefficient (Wildman–Crippen LogP) is 2.94. The number of rotatable bonds is 8. The van der Waals surface area contributed by atoms with Gasteiger partial charge in [-0.05, 0) is 48.0 Å². The van der Waals surface area contributed by atoms with Gasteiger partial charge in [-0.3, -0.25) is 4.99 Å². The summed E-state index contributed by atoms with van der Waals surface area (Å²) in [5.74, 6) is 0.863. The first-order valence-electron chi connectivity index (χ1n) is 7.96. The van der Waals surface area contributed by atoms with Gasteiger partial charge in [-0.1, -0.05) is 30.3 Å². The number of nitrogens with one attached hydrogen (secondary N) is 2. The minimum atomic E-state index is 0.817. The van der Waals surface area contributed by atoms with E-state index in [4.69, 9.17) is 0 Å². The average molecular weight is 331 g/mol. The van der Waals surface area contributed by atoms with E-state index in [1.165, 1.54) is 11.1 Å². The highest BCUT2D eigenvalue weighted by molar-refractivity contribution is 7.07. The predicted molar refractivity (Wildman–Crippen MR) is 99.9 cm³/mol. The molecule has 0 amide bonds. The summed E-state index contributed by atoms with van der Waals surface area (Å²) in [5.41, 5.74) is 2.65. The molecule has 0 bridgehead atoms. The second kappa shape index (κ2) is 10.0. The summed E-state index contributed by atoms with van der Waals surface area (Å²) in [5, 5.41) is 10.9. The van der Waals surface area contributed by atoms with Crippen LogP contribution in [0.4, 0.5) is 0 Å². The van der Waals surface area contributed by atoms with Gasteiger partial charge in [0.25, 0.3) is 0 Å². The van der Waals surface area contributed by atoms with Gasteiger partial charge in [-0.15, -0.1) is 0 Å². The monoisotopic (exact) mass is 330 g/mol. The number of aliphatic imine (C=N–C) groups is 1. The molecule has 124 valence electrons. The Morgan fingerprint density at radius 3 is 2.65 bits per heavy atom. The summed E-state index contributed by atoms with van der Waals surface area (Å²) in [6, 6.07) is 12.7. The molecule has 0 aliphatic rings. The normalized spacial score (nSPS) is 11.7. The van der Waals surface area contributed by atoms with Gasteiger partial charge >= 0.3 is 0 Å². The zero-order valence-corrected chi connectivity index (χ0v) is 14.8. The Labute approximate surface area is 143 Å². The maximum absolute atomic E-state index is 4.26. The summed E-state index contributed by atoms with van der Waals surface area (Å²) < 4.78 is 0. The first-order valence-corrected chi connectivity index (χ1v) is 8.90. The van der Waals surface area contributed by atoms with E-state index in [1.807, 2.05) is 7.05 Å². The average Bonchev–Trinajstić information content (AvgIpc) is 3.08. The lowest BCUT2D eigenvalue weighted by Gasteiger charge is -2.17. The standard InChI is InChI=1S/C18H26N4S/c1-19-18(21-13-17-9-12-23-15-17)20-10-6-11-22(2)14-16-7-4-3-5-8-16/h3-5,7-9,12,15H,6,10-11,13-14H2,1-2H3,(H2,19,20,21). The Balaban J connectivity index is 1.59. The number of hydrogen-bond donors (Lipinski definition) is 2. The van der Waals surface area contributed by atoms with Crippen molar-refractivity contribution in [2.75, 3.05) is 27.2 Å². The molecule has 2 N–H and O–H groups in total. The quantitative estimate of drug-likeness (QED) is 0.444. The number of guanidine groups is 1. The van der Waals surface area contributed by atoms with Crippen LogP contribution in [0.1, 0.15) is 17.5 Å². The van der Waals surface area contributed by atoms with Crippen LogP contribution in [0.3, 0.4) is 0 Å². The highest BCUT2D eigenvalue weighted by Crippen LogP contribution is 2.05. The van der Waals surface area contributed by atoms with Crippen molar-refractivity contribution in [3.63, 3.8) is 0 Å². The molecular weight excluding hydrogens is 304 g/mol. The zero-order chi connectivity index (χ0) is 16.3. The van der Waals surface area contributed by atoms with E-state index < -0.39 is 0 Å². The minimum absolute atomic E-state index is 0.817. The van der Waals surface area contributed by atoms with Gasteiger partial charge in [-0.25, -0.2) is 0 Å². The van der Waals surface area contributed by atoms with Crippen LogP contribution in [0.15, 0.2) is 52.2 Å². The molecule has 0 aliphatic heterocycles. The van der Waals surface area contributed by atoms with E-state index in [-0.39, 0.29) is 0 Å². The van der Waals surface area contributed by atoms with Crippen LogP contribution in [-0.4, -0.2) is 38.0 Å². The fourth-order valence-corrected chi connectivity index (χ4v) is 3.00. The van der Waals surface area contributed by atoms with Crippen LogP contribution in [-0.2, 0) is 13.1 Å². The molecule has 0 radical (unpaired) electrons. The maximum atomic E-state index is 4.26. The van der Waals surface area contributed by atoms with Crippen molar-refractivity contribution >= 4 is 17.3 Å². The molecule has 2 rings (SSSR count). The molecule has 2 aromatic rings. The molecular formula is C18H26N4S. The van der Waals surface area contributed by atoms with Crippen LogP contribution in [0, 0.1) is 0 Å². The first-order chi connectivity index (χ1) is 11.3. The Morgan fingerprint density at radius 2 is 1.96 bits per heavy atom. The van der Waals surface area contributed by atoms with Crippen LogP contribution >= 0.6 is 11.3 Å². The molecule has 0 saturated carbocycles. The van der Waals surface area contributed by atoms with E-state index in [0.29, 0.717) is 0 Å². The smallest absolute Gasteiger partial charge is 0.191 e. The molecule has 23 heavy (non-hydrogen) atoms. The van der Waals surface area contributed by atoms with Crippen molar-refractivity contribution in [1.29, 1.82) is 0 Å². The third-order valence-electron chi connectivity index (χ3n) is 3.57. The van der Waals surface area contributed by atoms with Crippen molar-refractivity contribution < 1.29 is 0 Å². The molecule has 0 spiro atoms. The summed E-state index contributed by atoms with van der Waals surface area (Å²) in [4.78, 5) is 6.60. The van der Waals surface area contributed by atoms with E-state index in [0.717, 1.165) is 38.6 Å². The van der Waals surface area contributed by atoms with Crippen LogP contribution in [0.2, 0.25) is 0 Å². The van der Waals surface area contributed by atoms with Gasteiger partial charge < -0.3 is 15.5 Å². The van der Waals surface area contributed by atoms with E-state index >= 15 is 0 Å². The number of nitrogens with zero attached hydrogens (tertiary/aromatic N) is 2. The molecule has 0 unspecified atom stereocenters. The van der Waals surface area contributed by atoms with Gasteiger partial charge in [0.2, 0.25) is 0 Å². The summed E-state index contributed by atoms with van der Waals surface area (Å²) in [6.07, 6.45) is 1.09. The topological polar surface area (TPSA) is 39.7 Å². The van der Waals surface area contributed by atoms with Gasteiger partial charge in [0, 0.05) is 26.7 Å². The molecule has 0 fully saturated rings. The second-order valence-corrected chi connectivity index (χ2v) is 6.34. The minimum Gasteiger partial charge on any atom is -0.356 e. The molecule has 4 nitrogen and oxygen atoms in total. The van der Waals surface area contributed by atoms with E-state index in [9.17, 15) is 0 Å². The first kappa shape index (κ1) is 17.5. The van der Waals surface area contributed by atoms with E-state index in [1.54, 1.807) is 11.3 Å². The lowest BCUT2D eigenvalue weighted by Crippen LogP contribution is -2.38. The van der Waals surface area contributed by atoms with Crippen molar-refractivity contribution in [2.24, 2.45) is 4.99 Å². The third-order valence-corrected chi connectivity index (χ3v) is 4.30. The van der Waals surface area contributed by atoms with Crippen molar-refractivity contribution in [3.8, 4) is 0 Å². The van der Waals surface area contributed by atoms with Gasteiger partial charge in [0.15, 0.2) is 5.96 Å². The van der Waals surface area contributed by atoms with Gasteiger partial charge in [-0.2, -0.15) is 11.3 Å². The molecule has 5 heteroatoms. The van der Waals surface area contributed by atoms with Crippen molar-refractivity contribution in [3.05, 3.63) is 58.3 Å². The highest BCUT2D eigenvalue weighted by atomic mass is 32.1. The zero-order valence-electron chi connectivity index (χ0n) is 14.0. The summed E-state index contributed by atoms with van der Waals surface area (Å²) >= 11 is 1.72. The molecule has 0 aliphatic carbocycles. The third kappa shape index (κ3) is 6.84. The molecule has 1 aromatic carbocycles. The fraction of sp³-hybridized carbons (Fsp3) is 0.389. The number of benzene rings is 1. The summed E-state index contributed by atoms with van der Waals surface area (Å²) in [6.45, 7) is 3.79. The lowest BCUT2D eigenvalue weighted by molar-refractivity contribution is 0.322. The SMILES string of the molecule is CN=C(NCCCN(C)Cc1ccccc1)NCc1ccsc1. The second-order valence-electron chi connectivity index (χ2n) is 5.56. The van der Waals surface area contributed by atoms with Gasteiger partial charge in [0.05, 0.1) is 0 Å². The van der Waals surface area contributed by atoms with E-state index in [2.05, 4.69) is 74.7 Å². The molecule has 0 atom stereocenters. The molecule has 0 saturated heterocycles.